The van der Waals surface area contributed by atoms with Gasteiger partial charge in [0.25, 0.3) is 0 Å². The van der Waals surface area contributed by atoms with Crippen molar-refractivity contribution in [1.29, 1.82) is 0 Å². The lowest BCUT2D eigenvalue weighted by molar-refractivity contribution is 0.253. The molecule has 0 aliphatic carbocycles. The Morgan fingerprint density at radius 1 is 1.40 bits per heavy atom. The molecule has 0 atom stereocenters. The van der Waals surface area contributed by atoms with Gasteiger partial charge in [-0.3, -0.25) is 0 Å². The number of carbonyl (C=O) groups excluding carboxylic acids is 1. The Balaban J connectivity index is 2.44. The molecule has 0 saturated carbocycles. The third kappa shape index (κ3) is 4.37. The van der Waals surface area contributed by atoms with Crippen LogP contribution in [0.5, 0.6) is 0 Å². The highest BCUT2D eigenvalue weighted by Gasteiger charge is 2.01. The fourth-order valence-corrected chi connectivity index (χ4v) is 0.948. The van der Waals surface area contributed by atoms with E-state index in [1.54, 1.807) is 0 Å². The molecule has 0 aromatic heterocycles. The summed E-state index contributed by atoms with van der Waals surface area (Å²) in [4.78, 5) is 11.4. The van der Waals surface area contributed by atoms with Crippen molar-refractivity contribution in [3.63, 3.8) is 0 Å². The maximum Gasteiger partial charge on any atom is 0.319 e. The third-order valence-corrected chi connectivity index (χ3v) is 1.67. The molecule has 1 aromatic rings. The minimum absolute atomic E-state index is 0.127. The Hall–Kier alpha value is -1.69. The van der Waals surface area contributed by atoms with Crippen molar-refractivity contribution in [1.82, 2.24) is 5.32 Å². The summed E-state index contributed by atoms with van der Waals surface area (Å²) in [5.74, 6) is -0.357. The Labute approximate surface area is 91.7 Å². The molecule has 0 heterocycles. The van der Waals surface area contributed by atoms with E-state index in [2.05, 4.69) is 22.9 Å². The highest BCUT2D eigenvalue weighted by molar-refractivity contribution is 7.80. The number of benzene rings is 1. The number of amides is 2. The number of anilines is 1. The topological polar surface area (TPSA) is 67.1 Å². The number of thiocarbonyl (C=S) groups is 1. The normalized spacial score (nSPS) is 9.40. The molecule has 0 aliphatic heterocycles. The number of urea groups is 1. The fraction of sp³-hybridized carbons (Fsp3) is 0.111. The van der Waals surface area contributed by atoms with E-state index in [4.69, 9.17) is 5.73 Å². The van der Waals surface area contributed by atoms with Gasteiger partial charge in [-0.05, 0) is 24.3 Å². The standard InChI is InChI=1S/C9H10FN3OS/c10-6-1-3-7(4-2-6)13-9(14)12-5-8(11)15/h1-4H,5H2,(H2,11,15)(H2,12,13,14). The van der Waals surface area contributed by atoms with Crippen molar-refractivity contribution in [2.45, 2.75) is 0 Å². The molecule has 1 aromatic carbocycles. The number of carbonyl (C=O) groups is 1. The van der Waals surface area contributed by atoms with Crippen LogP contribution in [0, 0.1) is 5.82 Å². The quantitative estimate of drug-likeness (QED) is 0.680. The maximum absolute atomic E-state index is 12.5. The first kappa shape index (κ1) is 11.4. The molecule has 0 spiro atoms. The van der Waals surface area contributed by atoms with E-state index in [-0.39, 0.29) is 17.4 Å². The molecule has 6 heteroatoms. The van der Waals surface area contributed by atoms with Gasteiger partial charge in [0, 0.05) is 5.69 Å². The average Bonchev–Trinajstić information content (AvgIpc) is 2.19. The highest BCUT2D eigenvalue weighted by Crippen LogP contribution is 2.07. The lowest BCUT2D eigenvalue weighted by Gasteiger charge is -2.06. The summed E-state index contributed by atoms with van der Waals surface area (Å²) in [5, 5.41) is 4.93. The number of hydrogen-bond donors (Lipinski definition) is 3. The molecule has 4 nitrogen and oxygen atoms in total. The Morgan fingerprint density at radius 3 is 2.53 bits per heavy atom. The van der Waals surface area contributed by atoms with E-state index >= 15 is 0 Å². The first-order chi connectivity index (χ1) is 7.08. The summed E-state index contributed by atoms with van der Waals surface area (Å²) >= 11 is 4.58. The zero-order valence-electron chi connectivity index (χ0n) is 7.79. The van der Waals surface area contributed by atoms with Crippen LogP contribution in [0.4, 0.5) is 14.9 Å². The van der Waals surface area contributed by atoms with E-state index in [1.165, 1.54) is 24.3 Å². The Kier molecular flexibility index (Phi) is 3.99. The van der Waals surface area contributed by atoms with Crippen LogP contribution in [-0.4, -0.2) is 17.6 Å². The highest BCUT2D eigenvalue weighted by atomic mass is 32.1. The van der Waals surface area contributed by atoms with Crippen LogP contribution in [0.1, 0.15) is 0 Å². The molecule has 80 valence electrons. The summed E-state index contributed by atoms with van der Waals surface area (Å²) in [7, 11) is 0. The second-order valence-corrected chi connectivity index (χ2v) is 3.31. The zero-order chi connectivity index (χ0) is 11.3. The van der Waals surface area contributed by atoms with E-state index < -0.39 is 6.03 Å². The van der Waals surface area contributed by atoms with E-state index in [0.717, 1.165) is 0 Å². The van der Waals surface area contributed by atoms with Crippen LogP contribution >= 0.6 is 12.2 Å². The van der Waals surface area contributed by atoms with Crippen molar-refractivity contribution in [3.8, 4) is 0 Å². The molecule has 2 amide bonds. The number of halogens is 1. The first-order valence-electron chi connectivity index (χ1n) is 4.16. The Bertz CT molecular complexity index is 366. The van der Waals surface area contributed by atoms with Gasteiger partial charge in [0.05, 0.1) is 11.5 Å². The maximum atomic E-state index is 12.5. The number of hydrogen-bond acceptors (Lipinski definition) is 2. The summed E-state index contributed by atoms with van der Waals surface area (Å²) in [6.07, 6.45) is 0. The van der Waals surface area contributed by atoms with Gasteiger partial charge in [0.2, 0.25) is 0 Å². The average molecular weight is 227 g/mol. The van der Waals surface area contributed by atoms with Crippen LogP contribution in [0.3, 0.4) is 0 Å². The Morgan fingerprint density at radius 2 is 2.00 bits per heavy atom. The van der Waals surface area contributed by atoms with Gasteiger partial charge < -0.3 is 16.4 Å². The molecule has 0 aliphatic rings. The van der Waals surface area contributed by atoms with Crippen LogP contribution < -0.4 is 16.4 Å². The van der Waals surface area contributed by atoms with Gasteiger partial charge in [0.1, 0.15) is 5.82 Å². The van der Waals surface area contributed by atoms with Gasteiger partial charge in [0.15, 0.2) is 0 Å². The second kappa shape index (κ2) is 5.26. The van der Waals surface area contributed by atoms with Gasteiger partial charge in [-0.15, -0.1) is 0 Å². The van der Waals surface area contributed by atoms with Crippen LogP contribution in [0.15, 0.2) is 24.3 Å². The molecule has 1 rings (SSSR count). The van der Waals surface area contributed by atoms with Crippen molar-refractivity contribution in [2.75, 3.05) is 11.9 Å². The van der Waals surface area contributed by atoms with Crippen molar-refractivity contribution >= 4 is 28.9 Å². The fourth-order valence-electron chi connectivity index (χ4n) is 0.876. The van der Waals surface area contributed by atoms with Gasteiger partial charge in [-0.1, -0.05) is 12.2 Å². The van der Waals surface area contributed by atoms with Crippen molar-refractivity contribution in [3.05, 3.63) is 30.1 Å². The van der Waals surface area contributed by atoms with Gasteiger partial charge in [-0.25, -0.2) is 9.18 Å². The summed E-state index contributed by atoms with van der Waals surface area (Å²) in [5.41, 5.74) is 5.69. The lowest BCUT2D eigenvalue weighted by Crippen LogP contribution is -2.35. The second-order valence-electron chi connectivity index (χ2n) is 2.78. The molecule has 0 bridgehead atoms. The van der Waals surface area contributed by atoms with Gasteiger partial charge >= 0.3 is 6.03 Å². The van der Waals surface area contributed by atoms with Gasteiger partial charge in [-0.2, -0.15) is 0 Å². The predicted octanol–water partition coefficient (Wildman–Crippen LogP) is 1.23. The number of nitrogens with one attached hydrogen (secondary N) is 2. The van der Waals surface area contributed by atoms with Crippen LogP contribution in [0.2, 0.25) is 0 Å². The largest absolute Gasteiger partial charge is 0.392 e. The van der Waals surface area contributed by atoms with E-state index in [9.17, 15) is 9.18 Å². The monoisotopic (exact) mass is 227 g/mol. The minimum atomic E-state index is -0.436. The summed E-state index contributed by atoms with van der Waals surface area (Å²) < 4.78 is 12.5. The summed E-state index contributed by atoms with van der Waals surface area (Å²) in [6.45, 7) is 0.127. The van der Waals surface area contributed by atoms with Crippen molar-refractivity contribution < 1.29 is 9.18 Å². The molecule has 0 unspecified atom stereocenters. The lowest BCUT2D eigenvalue weighted by atomic mass is 10.3. The first-order valence-corrected chi connectivity index (χ1v) is 4.57. The van der Waals surface area contributed by atoms with Crippen LogP contribution in [-0.2, 0) is 0 Å². The smallest absolute Gasteiger partial charge is 0.319 e. The molecule has 15 heavy (non-hydrogen) atoms. The van der Waals surface area contributed by atoms with Crippen LogP contribution in [0.25, 0.3) is 0 Å². The predicted molar refractivity (Wildman–Crippen MR) is 60.2 cm³/mol. The molecule has 0 fully saturated rings. The number of rotatable bonds is 3. The number of nitrogens with two attached hydrogens (primary N) is 1. The SMILES string of the molecule is NC(=S)CNC(=O)Nc1ccc(F)cc1. The molecular weight excluding hydrogens is 217 g/mol. The zero-order valence-corrected chi connectivity index (χ0v) is 8.60. The van der Waals surface area contributed by atoms with Crippen molar-refractivity contribution in [2.24, 2.45) is 5.73 Å². The van der Waals surface area contributed by atoms with E-state index in [1.807, 2.05) is 0 Å². The minimum Gasteiger partial charge on any atom is -0.392 e. The molecule has 4 N–H and O–H groups in total. The van der Waals surface area contributed by atoms with E-state index in [0.29, 0.717) is 5.69 Å². The molecule has 0 radical (unpaired) electrons. The molecule has 0 saturated heterocycles. The summed E-state index contributed by atoms with van der Waals surface area (Å²) in [6, 6.07) is 4.98. The third-order valence-electron chi connectivity index (χ3n) is 1.53. The molecular formula is C9H10FN3OS.